The molecule has 0 unspecified atom stereocenters. The first-order valence-corrected chi connectivity index (χ1v) is 9.78. The van der Waals surface area contributed by atoms with E-state index in [1.165, 1.54) is 11.1 Å². The fourth-order valence-electron chi connectivity index (χ4n) is 3.25. The molecule has 0 saturated carbocycles. The predicted octanol–water partition coefficient (Wildman–Crippen LogP) is 4.16. The van der Waals surface area contributed by atoms with Crippen molar-refractivity contribution in [2.45, 2.75) is 30.7 Å². The van der Waals surface area contributed by atoms with Crippen molar-refractivity contribution >= 4 is 11.8 Å². The highest BCUT2D eigenvalue weighted by atomic mass is 32.2. The Morgan fingerprint density at radius 1 is 1.15 bits per heavy atom. The molecule has 0 bridgehead atoms. The highest BCUT2D eigenvalue weighted by Crippen LogP contribution is 2.33. The first-order chi connectivity index (χ1) is 12.7. The van der Waals surface area contributed by atoms with Gasteiger partial charge in [0.25, 0.3) is 0 Å². The smallest absolute Gasteiger partial charge is 0.349 e. The third kappa shape index (κ3) is 3.40. The maximum atomic E-state index is 12.5. The minimum Gasteiger partial charge on any atom is -0.494 e. The van der Waals surface area contributed by atoms with E-state index in [0.717, 1.165) is 34.2 Å². The normalized spacial score (nSPS) is 12.3. The molecule has 0 fully saturated rings. The number of fused-ring (bicyclic) bond motifs is 3. The van der Waals surface area contributed by atoms with Crippen LogP contribution in [0.25, 0.3) is 11.3 Å². The van der Waals surface area contributed by atoms with Crippen molar-refractivity contribution in [1.29, 1.82) is 0 Å². The van der Waals surface area contributed by atoms with E-state index in [0.29, 0.717) is 13.2 Å². The van der Waals surface area contributed by atoms with Gasteiger partial charge in [0.1, 0.15) is 10.8 Å². The van der Waals surface area contributed by atoms with Crippen molar-refractivity contribution in [2.24, 2.45) is 0 Å². The van der Waals surface area contributed by atoms with Gasteiger partial charge in [-0.3, -0.25) is 4.57 Å². The fourth-order valence-corrected chi connectivity index (χ4v) is 4.09. The number of hydrogen-bond donors (Lipinski definition) is 0. The zero-order valence-corrected chi connectivity index (χ0v) is 15.5. The van der Waals surface area contributed by atoms with E-state index in [1.807, 2.05) is 37.3 Å². The second kappa shape index (κ2) is 7.38. The van der Waals surface area contributed by atoms with Crippen molar-refractivity contribution in [3.8, 4) is 17.0 Å². The van der Waals surface area contributed by atoms with Gasteiger partial charge < -0.3 is 4.74 Å². The van der Waals surface area contributed by atoms with Crippen LogP contribution >= 0.6 is 11.8 Å². The number of hydrogen-bond acceptors (Lipinski definition) is 4. The van der Waals surface area contributed by atoms with Crippen LogP contribution in [0.15, 0.2) is 64.4 Å². The number of aromatic nitrogens is 2. The molecule has 0 N–H and O–H groups in total. The maximum Gasteiger partial charge on any atom is 0.349 e. The molecule has 3 aromatic rings. The molecule has 4 nitrogen and oxygen atoms in total. The molecular formula is C21H20N2O2S. The monoisotopic (exact) mass is 364 g/mol. The van der Waals surface area contributed by atoms with Crippen LogP contribution in [-0.4, -0.2) is 16.2 Å². The topological polar surface area (TPSA) is 44.1 Å². The molecule has 1 aliphatic rings. The number of nitrogens with zero attached hydrogens (tertiary/aromatic N) is 2. The molecule has 1 aromatic heterocycles. The quantitative estimate of drug-likeness (QED) is 0.504. The molecule has 0 radical (unpaired) electrons. The molecule has 2 heterocycles. The third-order valence-corrected chi connectivity index (χ3v) is 5.47. The lowest BCUT2D eigenvalue weighted by Crippen LogP contribution is -2.28. The van der Waals surface area contributed by atoms with Crippen LogP contribution in [0.2, 0.25) is 0 Å². The minimum absolute atomic E-state index is 0.169. The van der Waals surface area contributed by atoms with Crippen molar-refractivity contribution in [2.75, 3.05) is 6.61 Å². The second-order valence-electron chi connectivity index (χ2n) is 6.19. The Bertz CT molecular complexity index is 983. The summed E-state index contributed by atoms with van der Waals surface area (Å²) < 4.78 is 7.38. The molecular weight excluding hydrogens is 344 g/mol. The van der Waals surface area contributed by atoms with Crippen LogP contribution in [0.1, 0.15) is 18.1 Å². The number of benzene rings is 2. The summed E-state index contributed by atoms with van der Waals surface area (Å²) in [6.45, 7) is 3.29. The van der Waals surface area contributed by atoms with Gasteiger partial charge in [-0.1, -0.05) is 30.3 Å². The van der Waals surface area contributed by atoms with Crippen LogP contribution in [0.5, 0.6) is 5.75 Å². The lowest BCUT2D eigenvalue weighted by molar-refractivity contribution is 0.340. The Labute approximate surface area is 156 Å². The van der Waals surface area contributed by atoms with Crippen LogP contribution in [-0.2, 0) is 18.7 Å². The Morgan fingerprint density at radius 2 is 2.00 bits per heavy atom. The lowest BCUT2D eigenvalue weighted by Gasteiger charge is -2.22. The Balaban J connectivity index is 1.66. The minimum atomic E-state index is -0.169. The summed E-state index contributed by atoms with van der Waals surface area (Å²) in [4.78, 5) is 16.8. The molecule has 0 saturated heterocycles. The average molecular weight is 364 g/mol. The van der Waals surface area contributed by atoms with Gasteiger partial charge in [0.05, 0.1) is 12.3 Å². The summed E-state index contributed by atoms with van der Waals surface area (Å²) in [5.41, 5.74) is 4.32. The van der Waals surface area contributed by atoms with Crippen molar-refractivity contribution in [3.05, 3.63) is 76.2 Å². The van der Waals surface area contributed by atoms with Crippen LogP contribution in [0.4, 0.5) is 0 Å². The predicted molar refractivity (Wildman–Crippen MR) is 105 cm³/mol. The molecule has 5 heteroatoms. The van der Waals surface area contributed by atoms with E-state index in [9.17, 15) is 4.79 Å². The van der Waals surface area contributed by atoms with Gasteiger partial charge in [-0.2, -0.15) is 4.98 Å². The highest BCUT2D eigenvalue weighted by Gasteiger charge is 2.19. The van der Waals surface area contributed by atoms with Gasteiger partial charge in [0, 0.05) is 17.9 Å². The molecule has 2 aromatic carbocycles. The van der Waals surface area contributed by atoms with Crippen molar-refractivity contribution in [1.82, 2.24) is 9.55 Å². The number of rotatable bonds is 5. The van der Waals surface area contributed by atoms with E-state index in [-0.39, 0.29) is 5.69 Å². The molecule has 0 atom stereocenters. The van der Waals surface area contributed by atoms with Crippen molar-refractivity contribution < 1.29 is 4.74 Å². The van der Waals surface area contributed by atoms with Gasteiger partial charge in [-0.05, 0) is 48.7 Å². The van der Waals surface area contributed by atoms with Crippen LogP contribution in [0, 0.1) is 0 Å². The standard InChI is InChI=1S/C21H20N2O2S/c1-2-25-17-8-9-18-16(12-17)10-11-23-19(18)13-20(22-21(23)24)26-14-15-6-4-3-5-7-15/h3-9,12-13H,2,10-11,14H2,1H3. The zero-order chi connectivity index (χ0) is 17.9. The largest absolute Gasteiger partial charge is 0.494 e. The van der Waals surface area contributed by atoms with E-state index in [4.69, 9.17) is 4.74 Å². The summed E-state index contributed by atoms with van der Waals surface area (Å²) in [6, 6.07) is 18.4. The number of aryl methyl sites for hydroxylation is 1. The first kappa shape index (κ1) is 16.9. The molecule has 1 aliphatic heterocycles. The molecule has 0 amide bonds. The SMILES string of the molecule is CCOc1ccc2c(c1)CCn1c-2cc(SCc2ccccc2)nc1=O. The molecule has 132 valence electrons. The highest BCUT2D eigenvalue weighted by molar-refractivity contribution is 7.98. The van der Waals surface area contributed by atoms with Gasteiger partial charge in [-0.25, -0.2) is 4.79 Å². The molecule has 26 heavy (non-hydrogen) atoms. The Hall–Kier alpha value is -2.53. The first-order valence-electron chi connectivity index (χ1n) is 8.79. The van der Waals surface area contributed by atoms with E-state index in [2.05, 4.69) is 29.2 Å². The van der Waals surface area contributed by atoms with E-state index in [1.54, 1.807) is 16.3 Å². The Kier molecular flexibility index (Phi) is 4.80. The van der Waals surface area contributed by atoms with Crippen LogP contribution < -0.4 is 10.4 Å². The maximum absolute atomic E-state index is 12.5. The summed E-state index contributed by atoms with van der Waals surface area (Å²) >= 11 is 1.60. The number of thioether (sulfide) groups is 1. The second-order valence-corrected chi connectivity index (χ2v) is 7.19. The van der Waals surface area contributed by atoms with Gasteiger partial charge in [-0.15, -0.1) is 11.8 Å². The fraction of sp³-hybridized carbons (Fsp3) is 0.238. The van der Waals surface area contributed by atoms with Gasteiger partial charge in [0.2, 0.25) is 0 Å². The average Bonchev–Trinajstić information content (AvgIpc) is 2.67. The van der Waals surface area contributed by atoms with Gasteiger partial charge in [0.15, 0.2) is 0 Å². The zero-order valence-electron chi connectivity index (χ0n) is 14.6. The third-order valence-electron chi connectivity index (χ3n) is 4.49. The molecule has 0 aliphatic carbocycles. The molecule has 4 rings (SSSR count). The Morgan fingerprint density at radius 3 is 2.81 bits per heavy atom. The number of ether oxygens (including phenoxy) is 1. The van der Waals surface area contributed by atoms with E-state index < -0.39 is 0 Å². The summed E-state index contributed by atoms with van der Waals surface area (Å²) in [5, 5.41) is 0.770. The van der Waals surface area contributed by atoms with Crippen molar-refractivity contribution in [3.63, 3.8) is 0 Å². The van der Waals surface area contributed by atoms with E-state index >= 15 is 0 Å². The van der Waals surface area contributed by atoms with Crippen LogP contribution in [0.3, 0.4) is 0 Å². The summed E-state index contributed by atoms with van der Waals surface area (Å²) in [5.74, 6) is 1.68. The summed E-state index contributed by atoms with van der Waals surface area (Å²) in [6.07, 6.45) is 0.821. The molecule has 0 spiro atoms. The van der Waals surface area contributed by atoms with Gasteiger partial charge >= 0.3 is 5.69 Å². The summed E-state index contributed by atoms with van der Waals surface area (Å²) in [7, 11) is 0. The lowest BCUT2D eigenvalue weighted by atomic mass is 9.97.